The second-order valence-electron chi connectivity index (χ2n) is 10.1. The number of non-ortho nitro benzene ring substituents is 1. The number of hydrogen-bond acceptors (Lipinski definition) is 9. The van der Waals surface area contributed by atoms with Crippen LogP contribution in [0.4, 0.5) is 5.69 Å². The standard InChI is InChI=1S/C31H29N5O8S2/c37-31(33-32-21-24-13-17-27(18-14-24)44-23-25-11-15-26(16-12-25)36(38)39)30-22-34(45(40,41)28-7-3-1-4-8-28)19-20-35(30)46(42,43)29-9-5-2-6-10-29/h1-18,21,30H,19-20,22-23H2,(H,33,37)/b32-21-/t30-/m1/s1. The molecule has 1 atom stereocenters. The van der Waals surface area contributed by atoms with Crippen LogP contribution in [0.25, 0.3) is 0 Å². The largest absolute Gasteiger partial charge is 0.489 e. The first kappa shape index (κ1) is 32.4. The van der Waals surface area contributed by atoms with Crippen LogP contribution in [0.5, 0.6) is 5.75 Å². The zero-order chi connectivity index (χ0) is 32.7. The Hall–Kier alpha value is -4.96. The fourth-order valence-electron chi connectivity index (χ4n) is 4.71. The lowest BCUT2D eigenvalue weighted by Gasteiger charge is -2.38. The van der Waals surface area contributed by atoms with Gasteiger partial charge in [-0.2, -0.15) is 13.7 Å². The molecule has 0 saturated carbocycles. The van der Waals surface area contributed by atoms with Crippen LogP contribution >= 0.6 is 0 Å². The van der Waals surface area contributed by atoms with Crippen molar-refractivity contribution in [2.24, 2.45) is 5.10 Å². The summed E-state index contributed by atoms with van der Waals surface area (Å²) in [6.07, 6.45) is 1.36. The fourth-order valence-corrected chi connectivity index (χ4v) is 7.76. The number of nitrogens with one attached hydrogen (secondary N) is 1. The number of piperazine rings is 1. The number of nitro benzene ring substituents is 1. The average molecular weight is 664 g/mol. The second-order valence-corrected chi connectivity index (χ2v) is 14.0. The van der Waals surface area contributed by atoms with Gasteiger partial charge in [0.2, 0.25) is 20.0 Å². The highest BCUT2D eigenvalue weighted by atomic mass is 32.2. The summed E-state index contributed by atoms with van der Waals surface area (Å²) in [5, 5.41) is 14.8. The van der Waals surface area contributed by atoms with Crippen LogP contribution < -0.4 is 10.2 Å². The Morgan fingerprint density at radius 2 is 1.43 bits per heavy atom. The quantitative estimate of drug-likeness (QED) is 0.145. The molecule has 1 heterocycles. The van der Waals surface area contributed by atoms with Gasteiger partial charge in [0.15, 0.2) is 0 Å². The molecule has 0 spiro atoms. The lowest BCUT2D eigenvalue weighted by atomic mass is 10.2. The summed E-state index contributed by atoms with van der Waals surface area (Å²) in [6, 6.07) is 26.7. The van der Waals surface area contributed by atoms with Gasteiger partial charge in [0.05, 0.1) is 20.9 Å². The number of rotatable bonds is 11. The fraction of sp³-hybridized carbons (Fsp3) is 0.161. The maximum absolute atomic E-state index is 13.5. The number of ether oxygens (including phenoxy) is 1. The Balaban J connectivity index is 1.27. The zero-order valence-electron chi connectivity index (χ0n) is 24.2. The number of carbonyl (C=O) groups is 1. The van der Waals surface area contributed by atoms with Crippen LogP contribution in [0.15, 0.2) is 124 Å². The van der Waals surface area contributed by atoms with Gasteiger partial charge in [-0.1, -0.05) is 36.4 Å². The van der Waals surface area contributed by atoms with Gasteiger partial charge >= 0.3 is 0 Å². The number of amides is 1. The molecule has 4 aromatic rings. The summed E-state index contributed by atoms with van der Waals surface area (Å²) in [7, 11) is -8.15. The Morgan fingerprint density at radius 3 is 2.02 bits per heavy atom. The Kier molecular flexibility index (Phi) is 9.87. The highest BCUT2D eigenvalue weighted by Crippen LogP contribution is 2.25. The van der Waals surface area contributed by atoms with Gasteiger partial charge in [-0.05, 0) is 71.8 Å². The number of carbonyl (C=O) groups excluding carboxylic acids is 1. The van der Waals surface area contributed by atoms with Gasteiger partial charge in [-0.25, -0.2) is 22.3 Å². The molecule has 238 valence electrons. The predicted octanol–water partition coefficient (Wildman–Crippen LogP) is 3.39. The maximum Gasteiger partial charge on any atom is 0.269 e. The number of sulfonamides is 2. The van der Waals surface area contributed by atoms with Gasteiger partial charge in [0, 0.05) is 31.8 Å². The third-order valence-corrected chi connectivity index (χ3v) is 11.0. The lowest BCUT2D eigenvalue weighted by molar-refractivity contribution is -0.384. The minimum atomic E-state index is -4.15. The van der Waals surface area contributed by atoms with E-state index >= 15 is 0 Å². The third kappa shape index (κ3) is 7.46. The van der Waals surface area contributed by atoms with Crippen molar-refractivity contribution in [3.8, 4) is 5.75 Å². The molecule has 0 aliphatic carbocycles. The first-order valence-electron chi connectivity index (χ1n) is 14.0. The predicted molar refractivity (Wildman–Crippen MR) is 169 cm³/mol. The second kappa shape index (κ2) is 14.0. The molecule has 1 fully saturated rings. The van der Waals surface area contributed by atoms with E-state index in [2.05, 4.69) is 10.5 Å². The van der Waals surface area contributed by atoms with E-state index in [1.807, 2.05) is 0 Å². The van der Waals surface area contributed by atoms with Crippen LogP contribution in [0.1, 0.15) is 11.1 Å². The molecule has 1 saturated heterocycles. The van der Waals surface area contributed by atoms with Gasteiger partial charge in [-0.3, -0.25) is 14.9 Å². The normalized spacial score (nSPS) is 16.2. The molecule has 1 N–H and O–H groups in total. The van der Waals surface area contributed by atoms with Gasteiger partial charge in [0.1, 0.15) is 18.4 Å². The molecular weight excluding hydrogens is 635 g/mol. The van der Waals surface area contributed by atoms with E-state index in [9.17, 15) is 31.7 Å². The van der Waals surface area contributed by atoms with Crippen molar-refractivity contribution < 1.29 is 31.3 Å². The smallest absolute Gasteiger partial charge is 0.269 e. The molecule has 0 aromatic heterocycles. The Morgan fingerprint density at radius 1 is 0.848 bits per heavy atom. The van der Waals surface area contributed by atoms with E-state index in [0.29, 0.717) is 11.3 Å². The molecule has 1 aliphatic rings. The van der Waals surface area contributed by atoms with Crippen molar-refractivity contribution in [3.05, 3.63) is 130 Å². The third-order valence-electron chi connectivity index (χ3n) is 7.15. The topological polar surface area (TPSA) is 169 Å². The highest BCUT2D eigenvalue weighted by molar-refractivity contribution is 7.89. The van der Waals surface area contributed by atoms with E-state index < -0.39 is 43.5 Å². The molecule has 46 heavy (non-hydrogen) atoms. The van der Waals surface area contributed by atoms with Crippen molar-refractivity contribution in [1.82, 2.24) is 14.0 Å². The van der Waals surface area contributed by atoms with Crippen molar-refractivity contribution in [3.63, 3.8) is 0 Å². The molecule has 0 bridgehead atoms. The summed E-state index contributed by atoms with van der Waals surface area (Å²) in [6.45, 7) is -0.602. The average Bonchev–Trinajstić information content (AvgIpc) is 3.08. The minimum absolute atomic E-state index is 0.0111. The molecule has 13 nitrogen and oxygen atoms in total. The molecule has 4 aromatic carbocycles. The molecule has 0 unspecified atom stereocenters. The summed E-state index contributed by atoms with van der Waals surface area (Å²) < 4.78 is 61.6. The van der Waals surface area contributed by atoms with Crippen LogP contribution in [0, 0.1) is 10.1 Å². The first-order chi connectivity index (χ1) is 22.1. The van der Waals surface area contributed by atoms with Crippen LogP contribution in [0.3, 0.4) is 0 Å². The Bertz CT molecular complexity index is 1920. The number of nitro groups is 1. The van der Waals surface area contributed by atoms with E-state index in [-0.39, 0.29) is 35.2 Å². The van der Waals surface area contributed by atoms with Crippen molar-refractivity contribution >= 4 is 37.9 Å². The monoisotopic (exact) mass is 663 g/mol. The van der Waals surface area contributed by atoms with E-state index in [4.69, 9.17) is 4.74 Å². The molecule has 0 radical (unpaired) electrons. The number of benzene rings is 4. The van der Waals surface area contributed by atoms with Gasteiger partial charge in [0.25, 0.3) is 11.6 Å². The summed E-state index contributed by atoms with van der Waals surface area (Å²) in [4.78, 5) is 23.8. The van der Waals surface area contributed by atoms with Gasteiger partial charge in [-0.15, -0.1) is 0 Å². The molecule has 5 rings (SSSR count). The Labute approximate surface area is 266 Å². The highest BCUT2D eigenvalue weighted by Gasteiger charge is 2.43. The number of hydrogen-bond donors (Lipinski definition) is 1. The van der Waals surface area contributed by atoms with Gasteiger partial charge < -0.3 is 4.74 Å². The first-order valence-corrected chi connectivity index (χ1v) is 16.8. The molecule has 1 aliphatic heterocycles. The van der Waals surface area contributed by atoms with Crippen LogP contribution in [-0.4, -0.2) is 68.2 Å². The summed E-state index contributed by atoms with van der Waals surface area (Å²) in [5.41, 5.74) is 3.69. The minimum Gasteiger partial charge on any atom is -0.489 e. The molecular formula is C31H29N5O8S2. The summed E-state index contributed by atoms with van der Waals surface area (Å²) in [5.74, 6) is -0.269. The molecule has 1 amide bonds. The van der Waals surface area contributed by atoms with Crippen molar-refractivity contribution in [2.75, 3.05) is 19.6 Å². The van der Waals surface area contributed by atoms with E-state index in [1.165, 1.54) is 42.6 Å². The van der Waals surface area contributed by atoms with Crippen LogP contribution in [-0.2, 0) is 31.4 Å². The maximum atomic E-state index is 13.5. The SMILES string of the molecule is O=C(N/N=C\c1ccc(OCc2ccc([N+](=O)[O-])cc2)cc1)[C@H]1CN(S(=O)(=O)c2ccccc2)CCN1S(=O)(=O)c1ccccc1. The number of nitrogens with zero attached hydrogens (tertiary/aromatic N) is 4. The van der Waals surface area contributed by atoms with Crippen molar-refractivity contribution in [1.29, 1.82) is 0 Å². The van der Waals surface area contributed by atoms with E-state index in [1.54, 1.807) is 72.8 Å². The lowest BCUT2D eigenvalue weighted by Crippen LogP contribution is -2.60. The molecule has 15 heteroatoms. The van der Waals surface area contributed by atoms with E-state index in [0.717, 1.165) is 14.2 Å². The van der Waals surface area contributed by atoms with Crippen molar-refractivity contribution in [2.45, 2.75) is 22.4 Å². The summed E-state index contributed by atoms with van der Waals surface area (Å²) >= 11 is 0. The zero-order valence-corrected chi connectivity index (χ0v) is 25.9. The number of hydrazone groups is 1. The van der Waals surface area contributed by atoms with Crippen LogP contribution in [0.2, 0.25) is 0 Å².